The van der Waals surface area contributed by atoms with E-state index in [1.54, 1.807) is 7.05 Å². The van der Waals surface area contributed by atoms with Crippen LogP contribution in [0.5, 0.6) is 0 Å². The number of hydrogen-bond acceptors (Lipinski definition) is 4. The Morgan fingerprint density at radius 3 is 2.94 bits per heavy atom. The van der Waals surface area contributed by atoms with Crippen molar-refractivity contribution >= 4 is 48.9 Å². The standard InChI is InChI=1S/C12H13BrN2O2S/c1-15(4-5-16)12(17)11-10(14)8-6-7(13)2-3-9(8)18-11/h2-3,6,16H,4-5,14H2,1H3. The zero-order chi connectivity index (χ0) is 13.3. The molecular formula is C12H13BrN2O2S. The average Bonchev–Trinajstić information content (AvgIpc) is 2.66. The molecule has 3 N–H and O–H groups in total. The number of fused-ring (bicyclic) bond motifs is 1. The highest BCUT2D eigenvalue weighted by Crippen LogP contribution is 2.35. The fraction of sp³-hybridized carbons (Fsp3) is 0.250. The summed E-state index contributed by atoms with van der Waals surface area (Å²) in [6, 6.07) is 5.76. The van der Waals surface area contributed by atoms with E-state index in [4.69, 9.17) is 10.8 Å². The number of anilines is 1. The number of nitrogen functional groups attached to an aromatic ring is 1. The van der Waals surface area contributed by atoms with Gasteiger partial charge in [0.05, 0.1) is 12.3 Å². The number of aliphatic hydroxyl groups excluding tert-OH is 1. The molecule has 2 aromatic rings. The first-order valence-corrected chi connectivity index (χ1v) is 6.99. The number of carbonyl (C=O) groups is 1. The molecule has 4 nitrogen and oxygen atoms in total. The van der Waals surface area contributed by atoms with Gasteiger partial charge in [0.15, 0.2) is 0 Å². The Morgan fingerprint density at radius 1 is 1.56 bits per heavy atom. The Morgan fingerprint density at radius 2 is 2.28 bits per heavy atom. The van der Waals surface area contributed by atoms with Crippen LogP contribution in [-0.4, -0.2) is 36.1 Å². The fourth-order valence-corrected chi connectivity index (χ4v) is 3.13. The van der Waals surface area contributed by atoms with E-state index in [0.717, 1.165) is 14.6 Å². The number of rotatable bonds is 3. The van der Waals surface area contributed by atoms with Gasteiger partial charge in [-0.2, -0.15) is 0 Å². The molecule has 1 heterocycles. The lowest BCUT2D eigenvalue weighted by molar-refractivity contribution is 0.0772. The van der Waals surface area contributed by atoms with Crippen LogP contribution in [0.1, 0.15) is 9.67 Å². The van der Waals surface area contributed by atoms with Crippen LogP contribution in [0.2, 0.25) is 0 Å². The summed E-state index contributed by atoms with van der Waals surface area (Å²) in [5.74, 6) is -0.154. The topological polar surface area (TPSA) is 66.6 Å². The average molecular weight is 329 g/mol. The van der Waals surface area contributed by atoms with Crippen molar-refractivity contribution in [1.82, 2.24) is 4.90 Å². The molecule has 0 aliphatic rings. The van der Waals surface area contributed by atoms with Crippen molar-refractivity contribution in [2.45, 2.75) is 0 Å². The van der Waals surface area contributed by atoms with Crippen molar-refractivity contribution in [2.24, 2.45) is 0 Å². The number of likely N-dealkylation sites (N-methyl/N-ethyl adjacent to an activating group) is 1. The predicted octanol–water partition coefficient (Wildman–Crippen LogP) is 2.31. The van der Waals surface area contributed by atoms with Crippen molar-refractivity contribution in [1.29, 1.82) is 0 Å². The van der Waals surface area contributed by atoms with Crippen molar-refractivity contribution in [3.05, 3.63) is 27.5 Å². The van der Waals surface area contributed by atoms with Crippen LogP contribution in [0.4, 0.5) is 5.69 Å². The van der Waals surface area contributed by atoms with Crippen LogP contribution < -0.4 is 5.73 Å². The maximum Gasteiger partial charge on any atom is 0.265 e. The summed E-state index contributed by atoms with van der Waals surface area (Å²) in [6.45, 7) is 0.245. The molecule has 0 unspecified atom stereocenters. The van der Waals surface area contributed by atoms with E-state index >= 15 is 0 Å². The Labute approximate surface area is 117 Å². The number of aliphatic hydroxyl groups is 1. The minimum atomic E-state index is -0.154. The molecule has 1 amide bonds. The minimum absolute atomic E-state index is 0.0570. The van der Waals surface area contributed by atoms with E-state index in [2.05, 4.69) is 15.9 Å². The first-order valence-electron chi connectivity index (χ1n) is 5.38. The molecule has 6 heteroatoms. The summed E-state index contributed by atoms with van der Waals surface area (Å²) in [6.07, 6.45) is 0. The summed E-state index contributed by atoms with van der Waals surface area (Å²) < 4.78 is 1.92. The van der Waals surface area contributed by atoms with Crippen molar-refractivity contribution in [2.75, 3.05) is 25.9 Å². The zero-order valence-electron chi connectivity index (χ0n) is 9.81. The van der Waals surface area contributed by atoms with Gasteiger partial charge in [-0.15, -0.1) is 11.3 Å². The molecule has 96 valence electrons. The molecule has 0 radical (unpaired) electrons. The first-order chi connectivity index (χ1) is 8.54. The summed E-state index contributed by atoms with van der Waals surface area (Å²) in [5, 5.41) is 9.73. The molecule has 18 heavy (non-hydrogen) atoms. The van der Waals surface area contributed by atoms with Crippen LogP contribution in [0.15, 0.2) is 22.7 Å². The van der Waals surface area contributed by atoms with E-state index in [1.807, 2.05) is 18.2 Å². The third kappa shape index (κ3) is 2.36. The number of nitrogens with two attached hydrogens (primary N) is 1. The first kappa shape index (κ1) is 13.3. The number of hydrogen-bond donors (Lipinski definition) is 2. The van der Waals surface area contributed by atoms with Gasteiger partial charge >= 0.3 is 0 Å². The molecule has 0 spiro atoms. The Balaban J connectivity index is 2.46. The normalized spacial score (nSPS) is 10.8. The van der Waals surface area contributed by atoms with Crippen molar-refractivity contribution in [3.63, 3.8) is 0 Å². The van der Waals surface area contributed by atoms with Gasteiger partial charge < -0.3 is 15.7 Å². The van der Waals surface area contributed by atoms with E-state index in [-0.39, 0.29) is 12.5 Å². The third-order valence-corrected chi connectivity index (χ3v) is 4.33. The van der Waals surface area contributed by atoms with Gasteiger partial charge in [0.2, 0.25) is 0 Å². The van der Waals surface area contributed by atoms with E-state index in [9.17, 15) is 4.79 Å². The van der Waals surface area contributed by atoms with Gasteiger partial charge in [0.25, 0.3) is 5.91 Å². The molecule has 0 bridgehead atoms. The van der Waals surface area contributed by atoms with Crippen LogP contribution in [0.25, 0.3) is 10.1 Å². The number of benzene rings is 1. The number of thiophene rings is 1. The summed E-state index contributed by atoms with van der Waals surface area (Å²) in [7, 11) is 1.65. The highest BCUT2D eigenvalue weighted by atomic mass is 79.9. The number of carbonyl (C=O) groups excluding carboxylic acids is 1. The molecule has 0 aliphatic heterocycles. The lowest BCUT2D eigenvalue weighted by Crippen LogP contribution is -2.29. The Hall–Kier alpha value is -1.11. The van der Waals surface area contributed by atoms with Crippen LogP contribution in [-0.2, 0) is 0 Å². The molecular weight excluding hydrogens is 316 g/mol. The van der Waals surface area contributed by atoms with Gasteiger partial charge in [0.1, 0.15) is 4.88 Å². The SMILES string of the molecule is CN(CCO)C(=O)c1sc2ccc(Br)cc2c1N. The second kappa shape index (κ2) is 5.26. The molecule has 1 aromatic carbocycles. The van der Waals surface area contributed by atoms with Gasteiger partial charge in [-0.1, -0.05) is 15.9 Å². The van der Waals surface area contributed by atoms with Gasteiger partial charge in [-0.25, -0.2) is 0 Å². The summed E-state index contributed by atoms with van der Waals surface area (Å²) in [5.41, 5.74) is 6.53. The maximum atomic E-state index is 12.1. The zero-order valence-corrected chi connectivity index (χ0v) is 12.2. The molecule has 2 rings (SSSR count). The lowest BCUT2D eigenvalue weighted by Gasteiger charge is -2.14. The number of nitrogens with zero attached hydrogens (tertiary/aromatic N) is 1. The van der Waals surface area contributed by atoms with E-state index in [0.29, 0.717) is 17.1 Å². The van der Waals surface area contributed by atoms with Gasteiger partial charge in [-0.3, -0.25) is 4.79 Å². The van der Waals surface area contributed by atoms with Crippen LogP contribution in [0, 0.1) is 0 Å². The lowest BCUT2D eigenvalue weighted by atomic mass is 10.2. The second-order valence-corrected chi connectivity index (χ2v) is 5.90. The Bertz CT molecular complexity index is 597. The maximum absolute atomic E-state index is 12.1. The summed E-state index contributed by atoms with van der Waals surface area (Å²) in [4.78, 5) is 14.1. The monoisotopic (exact) mass is 328 g/mol. The van der Waals surface area contributed by atoms with E-state index in [1.165, 1.54) is 16.2 Å². The molecule has 0 fully saturated rings. The molecule has 0 saturated carbocycles. The van der Waals surface area contributed by atoms with Gasteiger partial charge in [-0.05, 0) is 18.2 Å². The van der Waals surface area contributed by atoms with Crippen molar-refractivity contribution in [3.8, 4) is 0 Å². The smallest absolute Gasteiger partial charge is 0.265 e. The predicted molar refractivity (Wildman–Crippen MR) is 78.0 cm³/mol. The Kier molecular flexibility index (Phi) is 3.89. The molecule has 0 atom stereocenters. The molecule has 0 saturated heterocycles. The molecule has 0 aliphatic carbocycles. The highest BCUT2D eigenvalue weighted by molar-refractivity contribution is 9.10. The quantitative estimate of drug-likeness (QED) is 0.908. The fourth-order valence-electron chi connectivity index (χ4n) is 1.67. The van der Waals surface area contributed by atoms with E-state index < -0.39 is 0 Å². The van der Waals surface area contributed by atoms with Crippen LogP contribution in [0.3, 0.4) is 0 Å². The van der Waals surface area contributed by atoms with Crippen LogP contribution >= 0.6 is 27.3 Å². The minimum Gasteiger partial charge on any atom is -0.397 e. The highest BCUT2D eigenvalue weighted by Gasteiger charge is 2.19. The second-order valence-electron chi connectivity index (χ2n) is 3.94. The van der Waals surface area contributed by atoms with Crippen molar-refractivity contribution < 1.29 is 9.90 Å². The molecule has 1 aromatic heterocycles. The number of halogens is 1. The third-order valence-electron chi connectivity index (χ3n) is 2.66. The number of amides is 1. The largest absolute Gasteiger partial charge is 0.397 e. The summed E-state index contributed by atoms with van der Waals surface area (Å²) >= 11 is 4.76. The van der Waals surface area contributed by atoms with Gasteiger partial charge in [0, 0.05) is 28.2 Å².